The fourth-order valence-corrected chi connectivity index (χ4v) is 4.26. The summed E-state index contributed by atoms with van der Waals surface area (Å²) in [6.07, 6.45) is 5.64. The van der Waals surface area contributed by atoms with Gasteiger partial charge in [-0.05, 0) is 25.3 Å². The molecule has 1 saturated heterocycles. The van der Waals surface area contributed by atoms with E-state index in [0.29, 0.717) is 5.91 Å². The van der Waals surface area contributed by atoms with Crippen molar-refractivity contribution < 1.29 is 4.79 Å². The summed E-state index contributed by atoms with van der Waals surface area (Å²) in [5, 5.41) is 0.761. The Balaban J connectivity index is 1.74. The summed E-state index contributed by atoms with van der Waals surface area (Å²) >= 11 is 7.97. The number of nitrogens with zero attached hydrogens (tertiary/aromatic N) is 1. The Hall–Kier alpha value is -0.930. The zero-order valence-electron chi connectivity index (χ0n) is 11.3. The third kappa shape index (κ3) is 2.89. The molecule has 0 saturated carbocycles. The van der Waals surface area contributed by atoms with Crippen molar-refractivity contribution in [1.29, 1.82) is 0 Å². The topological polar surface area (TPSA) is 20.3 Å². The average Bonchev–Trinajstić information content (AvgIpc) is 2.97. The number of carbonyl (C=O) groups is 1. The first-order chi connectivity index (χ1) is 9.75. The van der Waals surface area contributed by atoms with Crippen molar-refractivity contribution in [2.45, 2.75) is 19.3 Å². The maximum absolute atomic E-state index is 12.5. The molecule has 1 aromatic rings. The first-order valence-electron chi connectivity index (χ1n) is 7.14. The summed E-state index contributed by atoms with van der Waals surface area (Å²) in [4.78, 5) is 15.7. The number of rotatable bonds is 2. The van der Waals surface area contributed by atoms with Crippen LogP contribution in [0.5, 0.6) is 0 Å². The molecule has 0 aliphatic carbocycles. The summed E-state index contributed by atoms with van der Waals surface area (Å²) in [5.41, 5.74) is 1.05. The molecule has 3 rings (SSSR count). The Kier molecular flexibility index (Phi) is 4.37. The van der Waals surface area contributed by atoms with Gasteiger partial charge >= 0.3 is 0 Å². The Morgan fingerprint density at radius 3 is 2.70 bits per heavy atom. The van der Waals surface area contributed by atoms with Gasteiger partial charge in [0.05, 0.1) is 5.92 Å². The van der Waals surface area contributed by atoms with Gasteiger partial charge < -0.3 is 4.90 Å². The first-order valence-corrected chi connectivity index (χ1v) is 8.50. The monoisotopic (exact) mass is 307 g/mol. The molecule has 0 aromatic heterocycles. The minimum Gasteiger partial charge on any atom is -0.342 e. The van der Waals surface area contributed by atoms with E-state index in [9.17, 15) is 4.79 Å². The van der Waals surface area contributed by atoms with Crippen LogP contribution in [0, 0.1) is 5.92 Å². The summed E-state index contributed by atoms with van der Waals surface area (Å²) in [5.74, 6) is 1.15. The van der Waals surface area contributed by atoms with Crippen LogP contribution in [0.15, 0.2) is 30.3 Å². The van der Waals surface area contributed by atoms with Gasteiger partial charge in [-0.1, -0.05) is 35.9 Å². The smallest absolute Gasteiger partial charge is 0.230 e. The van der Waals surface area contributed by atoms with Crippen molar-refractivity contribution in [2.24, 2.45) is 5.92 Å². The minimum absolute atomic E-state index is 0.0179. The standard InChI is InChI=1S/C16H18ClNOS/c17-14-7-3-2-6-13(14)15-10-12(11-20-15)16(19)18-8-4-1-5-9-18/h2-3,6-7,10,12H,1,4-5,8-9,11H2. The maximum atomic E-state index is 12.5. The van der Waals surface area contributed by atoms with E-state index in [4.69, 9.17) is 11.6 Å². The number of amides is 1. The highest BCUT2D eigenvalue weighted by atomic mass is 35.5. The highest BCUT2D eigenvalue weighted by Crippen LogP contribution is 2.40. The van der Waals surface area contributed by atoms with E-state index < -0.39 is 0 Å². The molecule has 0 bridgehead atoms. The second kappa shape index (κ2) is 6.23. The van der Waals surface area contributed by atoms with Crippen LogP contribution in [0.4, 0.5) is 0 Å². The van der Waals surface area contributed by atoms with E-state index in [2.05, 4.69) is 6.08 Å². The number of likely N-dealkylation sites (tertiary alicyclic amines) is 1. The van der Waals surface area contributed by atoms with E-state index in [1.807, 2.05) is 29.2 Å². The second-order valence-electron chi connectivity index (χ2n) is 5.31. The van der Waals surface area contributed by atoms with Crippen molar-refractivity contribution >= 4 is 34.2 Å². The van der Waals surface area contributed by atoms with Gasteiger partial charge in [-0.25, -0.2) is 0 Å². The van der Waals surface area contributed by atoms with Crippen molar-refractivity contribution in [2.75, 3.05) is 18.8 Å². The third-order valence-corrected chi connectivity index (χ3v) is 5.42. The van der Waals surface area contributed by atoms with Crippen LogP contribution < -0.4 is 0 Å². The maximum Gasteiger partial charge on any atom is 0.230 e. The van der Waals surface area contributed by atoms with Gasteiger partial charge in [0, 0.05) is 34.3 Å². The zero-order valence-corrected chi connectivity index (χ0v) is 12.9. The quantitative estimate of drug-likeness (QED) is 0.821. The van der Waals surface area contributed by atoms with Gasteiger partial charge in [-0.15, -0.1) is 11.8 Å². The Morgan fingerprint density at radius 1 is 1.20 bits per heavy atom. The number of benzene rings is 1. The molecule has 2 aliphatic heterocycles. The Bertz CT molecular complexity index is 537. The molecule has 2 aliphatic rings. The van der Waals surface area contributed by atoms with Crippen LogP contribution in [0.1, 0.15) is 24.8 Å². The van der Waals surface area contributed by atoms with E-state index >= 15 is 0 Å². The molecule has 2 nitrogen and oxygen atoms in total. The molecule has 0 spiro atoms. The Morgan fingerprint density at radius 2 is 1.95 bits per heavy atom. The van der Waals surface area contributed by atoms with Crippen LogP contribution >= 0.6 is 23.4 Å². The van der Waals surface area contributed by atoms with Crippen LogP contribution in [0.2, 0.25) is 5.02 Å². The lowest BCUT2D eigenvalue weighted by Gasteiger charge is -2.28. The molecule has 1 atom stereocenters. The largest absolute Gasteiger partial charge is 0.342 e. The molecular formula is C16H18ClNOS. The van der Waals surface area contributed by atoms with Crippen LogP contribution in [-0.4, -0.2) is 29.6 Å². The van der Waals surface area contributed by atoms with E-state index in [0.717, 1.165) is 47.2 Å². The van der Waals surface area contributed by atoms with E-state index in [1.54, 1.807) is 11.8 Å². The van der Waals surface area contributed by atoms with Crippen molar-refractivity contribution in [3.63, 3.8) is 0 Å². The number of hydrogen-bond donors (Lipinski definition) is 0. The van der Waals surface area contributed by atoms with Gasteiger partial charge in [0.15, 0.2) is 0 Å². The number of hydrogen-bond acceptors (Lipinski definition) is 2. The molecule has 2 heterocycles. The summed E-state index contributed by atoms with van der Waals surface area (Å²) in [7, 11) is 0. The minimum atomic E-state index is 0.0179. The lowest BCUT2D eigenvalue weighted by atomic mass is 10.0. The average molecular weight is 308 g/mol. The van der Waals surface area contributed by atoms with Gasteiger partial charge in [0.2, 0.25) is 5.91 Å². The second-order valence-corrected chi connectivity index (χ2v) is 6.78. The van der Waals surface area contributed by atoms with Gasteiger partial charge in [-0.3, -0.25) is 4.79 Å². The highest BCUT2D eigenvalue weighted by Gasteiger charge is 2.29. The predicted molar refractivity (Wildman–Crippen MR) is 85.8 cm³/mol. The molecule has 1 aromatic carbocycles. The molecule has 1 amide bonds. The molecule has 0 N–H and O–H groups in total. The van der Waals surface area contributed by atoms with Crippen LogP contribution in [0.25, 0.3) is 4.91 Å². The normalized spacial score (nSPS) is 22.8. The molecule has 1 fully saturated rings. The van der Waals surface area contributed by atoms with Crippen molar-refractivity contribution in [3.8, 4) is 0 Å². The Labute approximate surface area is 129 Å². The van der Waals surface area contributed by atoms with Gasteiger partial charge in [0.25, 0.3) is 0 Å². The summed E-state index contributed by atoms with van der Waals surface area (Å²) in [6.45, 7) is 1.85. The molecule has 0 radical (unpaired) electrons. The van der Waals surface area contributed by atoms with Gasteiger partial charge in [0.1, 0.15) is 0 Å². The van der Waals surface area contributed by atoms with E-state index in [1.165, 1.54) is 6.42 Å². The van der Waals surface area contributed by atoms with Crippen molar-refractivity contribution in [1.82, 2.24) is 4.90 Å². The number of halogens is 1. The number of piperidine rings is 1. The van der Waals surface area contributed by atoms with Crippen LogP contribution in [0.3, 0.4) is 0 Å². The first kappa shape index (κ1) is 14.0. The lowest BCUT2D eigenvalue weighted by Crippen LogP contribution is -2.39. The molecule has 106 valence electrons. The molecular weight excluding hydrogens is 290 g/mol. The number of thioether (sulfide) groups is 1. The van der Waals surface area contributed by atoms with Crippen LogP contribution in [-0.2, 0) is 4.79 Å². The SMILES string of the molecule is O=C(C1C=C(c2ccccc2Cl)SC1)N1CCCCC1. The lowest BCUT2D eigenvalue weighted by molar-refractivity contribution is -0.134. The molecule has 4 heteroatoms. The fourth-order valence-electron chi connectivity index (χ4n) is 2.78. The summed E-state index contributed by atoms with van der Waals surface area (Å²) in [6, 6.07) is 7.85. The molecule has 20 heavy (non-hydrogen) atoms. The highest BCUT2D eigenvalue weighted by molar-refractivity contribution is 8.08. The van der Waals surface area contributed by atoms with E-state index in [-0.39, 0.29) is 5.92 Å². The van der Waals surface area contributed by atoms with Gasteiger partial charge in [-0.2, -0.15) is 0 Å². The predicted octanol–water partition coefficient (Wildman–Crippen LogP) is 4.06. The third-order valence-electron chi connectivity index (χ3n) is 3.90. The number of carbonyl (C=O) groups excluding carboxylic acids is 1. The summed E-state index contributed by atoms with van der Waals surface area (Å²) < 4.78 is 0. The molecule has 1 unspecified atom stereocenters. The van der Waals surface area contributed by atoms with Crippen molar-refractivity contribution in [3.05, 3.63) is 40.9 Å². The fraction of sp³-hybridized carbons (Fsp3) is 0.438. The zero-order chi connectivity index (χ0) is 13.9.